The highest BCUT2D eigenvalue weighted by Crippen LogP contribution is 2.31. The number of benzene rings is 1. The SMILES string of the molecule is CCn1cc(C(=O)O)c(=O)c2cc(F)c(Sc3ccncc3)cc21. The fourth-order valence-corrected chi connectivity index (χ4v) is 3.26. The van der Waals surface area contributed by atoms with Crippen LogP contribution in [0.5, 0.6) is 0 Å². The van der Waals surface area contributed by atoms with Crippen molar-refractivity contribution in [3.63, 3.8) is 0 Å². The predicted octanol–water partition coefficient (Wildman–Crippen LogP) is 3.40. The van der Waals surface area contributed by atoms with E-state index in [2.05, 4.69) is 4.98 Å². The van der Waals surface area contributed by atoms with Gasteiger partial charge >= 0.3 is 5.97 Å². The lowest BCUT2D eigenvalue weighted by Gasteiger charge is -2.12. The molecule has 3 aromatic rings. The molecule has 0 amide bonds. The first kappa shape index (κ1) is 16.2. The maximum absolute atomic E-state index is 14.4. The summed E-state index contributed by atoms with van der Waals surface area (Å²) < 4.78 is 16.1. The van der Waals surface area contributed by atoms with Gasteiger partial charge in [-0.25, -0.2) is 9.18 Å². The van der Waals surface area contributed by atoms with Crippen molar-refractivity contribution in [3.05, 3.63) is 64.5 Å². The van der Waals surface area contributed by atoms with Crippen LogP contribution in [0.25, 0.3) is 10.9 Å². The summed E-state index contributed by atoms with van der Waals surface area (Å²) in [6.45, 7) is 2.29. The number of aryl methyl sites for hydroxylation is 1. The molecule has 2 heterocycles. The van der Waals surface area contributed by atoms with E-state index in [0.29, 0.717) is 17.0 Å². The lowest BCUT2D eigenvalue weighted by Crippen LogP contribution is -2.19. The first-order chi connectivity index (χ1) is 11.5. The number of hydrogen-bond donors (Lipinski definition) is 1. The Morgan fingerprint density at radius 1 is 1.33 bits per heavy atom. The molecule has 0 saturated carbocycles. The van der Waals surface area contributed by atoms with E-state index in [1.54, 1.807) is 35.2 Å². The fraction of sp³-hybridized carbons (Fsp3) is 0.118. The molecule has 5 nitrogen and oxygen atoms in total. The molecule has 7 heteroatoms. The average Bonchev–Trinajstić information content (AvgIpc) is 2.57. The second kappa shape index (κ2) is 6.45. The highest BCUT2D eigenvalue weighted by Gasteiger charge is 2.17. The van der Waals surface area contributed by atoms with E-state index in [9.17, 15) is 14.0 Å². The third-order valence-electron chi connectivity index (χ3n) is 3.58. The van der Waals surface area contributed by atoms with Crippen LogP contribution in [0.15, 0.2) is 57.4 Å². The van der Waals surface area contributed by atoms with Crippen LogP contribution in [-0.2, 0) is 6.54 Å². The molecule has 0 saturated heterocycles. The maximum atomic E-state index is 14.4. The number of nitrogens with zero attached hydrogens (tertiary/aromatic N) is 2. The van der Waals surface area contributed by atoms with Gasteiger partial charge in [0, 0.05) is 35.4 Å². The topological polar surface area (TPSA) is 72.2 Å². The van der Waals surface area contributed by atoms with E-state index >= 15 is 0 Å². The van der Waals surface area contributed by atoms with Gasteiger partial charge < -0.3 is 9.67 Å². The van der Waals surface area contributed by atoms with Crippen LogP contribution < -0.4 is 5.43 Å². The van der Waals surface area contributed by atoms with Crippen molar-refractivity contribution in [1.29, 1.82) is 0 Å². The third-order valence-corrected chi connectivity index (χ3v) is 4.62. The predicted molar refractivity (Wildman–Crippen MR) is 89.2 cm³/mol. The van der Waals surface area contributed by atoms with Crippen LogP contribution in [0.1, 0.15) is 17.3 Å². The van der Waals surface area contributed by atoms with Gasteiger partial charge in [0.2, 0.25) is 5.43 Å². The Kier molecular flexibility index (Phi) is 4.35. The van der Waals surface area contributed by atoms with Crippen molar-refractivity contribution >= 4 is 28.6 Å². The third kappa shape index (κ3) is 2.90. The summed E-state index contributed by atoms with van der Waals surface area (Å²) in [5.41, 5.74) is -0.537. The molecule has 1 aromatic carbocycles. The number of halogens is 1. The first-order valence-corrected chi connectivity index (χ1v) is 8.00. The Bertz CT molecular complexity index is 987. The number of aromatic nitrogens is 2. The smallest absolute Gasteiger partial charge is 0.341 e. The molecule has 0 spiro atoms. The molecule has 0 atom stereocenters. The van der Waals surface area contributed by atoms with Crippen molar-refractivity contribution in [3.8, 4) is 0 Å². The fourth-order valence-electron chi connectivity index (χ4n) is 2.42. The van der Waals surface area contributed by atoms with Crippen molar-refractivity contribution in [2.24, 2.45) is 0 Å². The Hall–Kier alpha value is -2.67. The number of carboxylic acids is 1. The zero-order valence-corrected chi connectivity index (χ0v) is 13.5. The number of hydrogen-bond acceptors (Lipinski definition) is 4. The Morgan fingerprint density at radius 2 is 2.04 bits per heavy atom. The first-order valence-electron chi connectivity index (χ1n) is 7.19. The van der Waals surface area contributed by atoms with Gasteiger partial charge in [0.15, 0.2) is 0 Å². The van der Waals surface area contributed by atoms with E-state index in [-0.39, 0.29) is 10.9 Å². The molecule has 2 aromatic heterocycles. The zero-order valence-electron chi connectivity index (χ0n) is 12.7. The average molecular weight is 344 g/mol. The molecule has 0 aliphatic carbocycles. The molecule has 0 aliphatic rings. The zero-order chi connectivity index (χ0) is 17.3. The molecule has 3 rings (SSSR count). The molecular formula is C17H13FN2O3S. The van der Waals surface area contributed by atoms with Crippen molar-refractivity contribution in [2.75, 3.05) is 0 Å². The van der Waals surface area contributed by atoms with Crippen LogP contribution in [0.2, 0.25) is 0 Å². The molecule has 0 bridgehead atoms. The summed E-state index contributed by atoms with van der Waals surface area (Å²) >= 11 is 1.22. The van der Waals surface area contributed by atoms with Crippen LogP contribution in [0.3, 0.4) is 0 Å². The number of pyridine rings is 2. The number of aromatic carboxylic acids is 1. The van der Waals surface area contributed by atoms with Gasteiger partial charge in [-0.05, 0) is 31.2 Å². The van der Waals surface area contributed by atoms with Gasteiger partial charge in [-0.2, -0.15) is 0 Å². The monoisotopic (exact) mass is 344 g/mol. The molecule has 24 heavy (non-hydrogen) atoms. The lowest BCUT2D eigenvalue weighted by molar-refractivity contribution is 0.0695. The van der Waals surface area contributed by atoms with Gasteiger partial charge in [0.1, 0.15) is 11.4 Å². The van der Waals surface area contributed by atoms with Crippen LogP contribution in [-0.4, -0.2) is 20.6 Å². The largest absolute Gasteiger partial charge is 0.477 e. The second-order valence-corrected chi connectivity index (χ2v) is 6.16. The maximum Gasteiger partial charge on any atom is 0.341 e. The van der Waals surface area contributed by atoms with E-state index in [1.165, 1.54) is 18.0 Å². The number of carbonyl (C=O) groups is 1. The standard InChI is InChI=1S/C17H13FN2O3S/c1-2-20-9-12(17(22)23)16(21)11-7-13(18)15(8-14(11)20)24-10-3-5-19-6-4-10/h3-9H,2H2,1H3,(H,22,23). The van der Waals surface area contributed by atoms with Crippen LogP contribution >= 0.6 is 11.8 Å². The minimum absolute atomic E-state index is 0.0633. The van der Waals surface area contributed by atoms with Crippen LogP contribution in [0.4, 0.5) is 4.39 Å². The minimum atomic E-state index is -1.32. The summed E-state index contributed by atoms with van der Waals surface area (Å²) in [6.07, 6.45) is 4.52. The summed E-state index contributed by atoms with van der Waals surface area (Å²) in [6, 6.07) is 6.20. The Labute approximate surface area is 140 Å². The van der Waals surface area contributed by atoms with E-state index < -0.39 is 17.2 Å². The lowest BCUT2D eigenvalue weighted by atomic mass is 10.1. The highest BCUT2D eigenvalue weighted by atomic mass is 32.2. The normalized spacial score (nSPS) is 10.9. The molecule has 0 fully saturated rings. The molecular weight excluding hydrogens is 331 g/mol. The summed E-state index contributed by atoms with van der Waals surface area (Å²) in [4.78, 5) is 28.6. The van der Waals surface area contributed by atoms with Gasteiger partial charge in [-0.1, -0.05) is 11.8 Å². The molecule has 1 N–H and O–H groups in total. The van der Waals surface area contributed by atoms with E-state index in [0.717, 1.165) is 11.0 Å². The van der Waals surface area contributed by atoms with Crippen molar-refractivity contribution in [1.82, 2.24) is 9.55 Å². The van der Waals surface area contributed by atoms with Gasteiger partial charge in [0.05, 0.1) is 10.4 Å². The highest BCUT2D eigenvalue weighted by molar-refractivity contribution is 7.99. The van der Waals surface area contributed by atoms with E-state index in [4.69, 9.17) is 5.11 Å². The van der Waals surface area contributed by atoms with E-state index in [1.807, 2.05) is 6.92 Å². The summed E-state index contributed by atoms with van der Waals surface area (Å²) in [5.74, 6) is -1.88. The van der Waals surface area contributed by atoms with Gasteiger partial charge in [-0.15, -0.1) is 0 Å². The number of carboxylic acid groups (broad SMARTS) is 1. The second-order valence-electron chi connectivity index (χ2n) is 5.05. The Morgan fingerprint density at radius 3 is 2.67 bits per heavy atom. The van der Waals surface area contributed by atoms with Gasteiger partial charge in [0.25, 0.3) is 0 Å². The quantitative estimate of drug-likeness (QED) is 0.785. The Balaban J connectivity index is 2.22. The number of rotatable bonds is 4. The minimum Gasteiger partial charge on any atom is -0.477 e. The van der Waals surface area contributed by atoms with Crippen LogP contribution in [0, 0.1) is 5.82 Å². The summed E-state index contributed by atoms with van der Waals surface area (Å²) in [5, 5.41) is 9.21. The van der Waals surface area contributed by atoms with Crippen molar-refractivity contribution in [2.45, 2.75) is 23.3 Å². The summed E-state index contributed by atoms with van der Waals surface area (Å²) in [7, 11) is 0. The van der Waals surface area contributed by atoms with Crippen molar-refractivity contribution < 1.29 is 14.3 Å². The molecule has 0 aliphatic heterocycles. The van der Waals surface area contributed by atoms with Gasteiger partial charge in [-0.3, -0.25) is 9.78 Å². The number of fused-ring (bicyclic) bond motifs is 1. The molecule has 0 radical (unpaired) electrons. The molecule has 122 valence electrons. The molecule has 0 unspecified atom stereocenters.